The second-order valence-corrected chi connectivity index (χ2v) is 5.53. The van der Waals surface area contributed by atoms with Crippen LogP contribution in [0.4, 0.5) is 0 Å². The predicted molar refractivity (Wildman–Crippen MR) is 77.7 cm³/mol. The molecule has 2 aromatic rings. The highest BCUT2D eigenvalue weighted by atomic mass is 16.4. The van der Waals surface area contributed by atoms with Gasteiger partial charge < -0.3 is 14.7 Å². The zero-order chi connectivity index (χ0) is 15.0. The summed E-state index contributed by atoms with van der Waals surface area (Å²) in [7, 11) is 0. The van der Waals surface area contributed by atoms with Gasteiger partial charge in [-0.3, -0.25) is 9.59 Å². The van der Waals surface area contributed by atoms with Crippen molar-refractivity contribution in [3.63, 3.8) is 0 Å². The fourth-order valence-corrected chi connectivity index (χ4v) is 2.57. The summed E-state index contributed by atoms with van der Waals surface area (Å²) in [6.07, 6.45) is 4.35. The van der Waals surface area contributed by atoms with E-state index in [0.29, 0.717) is 17.6 Å². The van der Waals surface area contributed by atoms with Crippen molar-refractivity contribution >= 4 is 17.0 Å². The average Bonchev–Trinajstić information content (AvgIpc) is 3.26. The number of benzene rings is 1. The topological polar surface area (TPSA) is 92.2 Å². The second-order valence-electron chi connectivity index (χ2n) is 5.53. The predicted octanol–water partition coefficient (Wildman–Crippen LogP) is 1.58. The van der Waals surface area contributed by atoms with E-state index in [1.165, 1.54) is 35.6 Å². The number of H-pyrrole nitrogens is 1. The molecule has 0 saturated heterocycles. The molecule has 1 fully saturated rings. The maximum atomic E-state index is 12.0. The number of aromatic nitrogens is 2. The van der Waals surface area contributed by atoms with E-state index in [1.807, 2.05) is 0 Å². The van der Waals surface area contributed by atoms with Gasteiger partial charge in [-0.25, -0.2) is 4.79 Å². The Kier molecular flexibility index (Phi) is 3.37. The van der Waals surface area contributed by atoms with Gasteiger partial charge in [0.15, 0.2) is 0 Å². The molecule has 0 unspecified atom stereocenters. The lowest BCUT2D eigenvalue weighted by atomic mass is 10.1. The third-order valence-corrected chi connectivity index (χ3v) is 3.91. The quantitative estimate of drug-likeness (QED) is 0.817. The van der Waals surface area contributed by atoms with Crippen LogP contribution in [0.3, 0.4) is 0 Å². The van der Waals surface area contributed by atoms with Crippen molar-refractivity contribution in [2.75, 3.05) is 0 Å². The molecule has 1 aliphatic carbocycles. The van der Waals surface area contributed by atoms with E-state index in [1.54, 1.807) is 0 Å². The summed E-state index contributed by atoms with van der Waals surface area (Å²) in [6.45, 7) is 0.443. The van der Waals surface area contributed by atoms with E-state index in [9.17, 15) is 14.4 Å². The van der Waals surface area contributed by atoms with Gasteiger partial charge in [0, 0.05) is 6.54 Å². The molecule has 0 atom stereocenters. The molecule has 0 radical (unpaired) electrons. The molecule has 0 bridgehead atoms. The van der Waals surface area contributed by atoms with E-state index >= 15 is 0 Å². The van der Waals surface area contributed by atoms with Crippen LogP contribution in [0, 0.1) is 5.92 Å². The Balaban J connectivity index is 2.05. The van der Waals surface area contributed by atoms with Gasteiger partial charge in [-0.2, -0.15) is 0 Å². The Labute approximate surface area is 120 Å². The Hall–Kier alpha value is -2.37. The van der Waals surface area contributed by atoms with Crippen molar-refractivity contribution in [3.05, 3.63) is 44.5 Å². The van der Waals surface area contributed by atoms with Gasteiger partial charge in [-0.15, -0.1) is 0 Å². The van der Waals surface area contributed by atoms with Gasteiger partial charge in [-0.1, -0.05) is 12.8 Å². The Morgan fingerprint density at radius 1 is 1.33 bits per heavy atom. The molecular formula is C15H16N2O4. The summed E-state index contributed by atoms with van der Waals surface area (Å²) in [5.41, 5.74) is -0.242. The number of carbonyl (C=O) groups is 1. The lowest BCUT2D eigenvalue weighted by molar-refractivity contribution is 0.0697. The lowest BCUT2D eigenvalue weighted by Gasteiger charge is -2.10. The number of nitrogens with one attached hydrogen (secondary N) is 1. The van der Waals surface area contributed by atoms with Gasteiger partial charge in [0.05, 0.1) is 16.6 Å². The molecule has 2 N–H and O–H groups in total. The molecule has 1 saturated carbocycles. The molecule has 0 spiro atoms. The first-order chi connectivity index (χ1) is 10.1. The smallest absolute Gasteiger partial charge is 0.335 e. The first-order valence-electron chi connectivity index (χ1n) is 7.06. The molecule has 3 rings (SSSR count). The highest BCUT2D eigenvalue weighted by molar-refractivity contribution is 5.92. The fourth-order valence-electron chi connectivity index (χ4n) is 2.57. The number of hydrogen-bond acceptors (Lipinski definition) is 3. The standard InChI is InChI=1S/C15H16N2O4/c18-13-14(19)17(7-1-2-9-3-4-9)12-8-10(15(20)21)5-6-11(12)16-13/h5-6,8-9H,1-4,7H2,(H,16,18)(H,20,21). The van der Waals surface area contributed by atoms with Crippen molar-refractivity contribution in [1.29, 1.82) is 0 Å². The third kappa shape index (κ3) is 2.74. The lowest BCUT2D eigenvalue weighted by Crippen LogP contribution is -2.36. The molecule has 1 heterocycles. The van der Waals surface area contributed by atoms with Gasteiger partial charge in [0.2, 0.25) is 0 Å². The Morgan fingerprint density at radius 2 is 2.10 bits per heavy atom. The zero-order valence-corrected chi connectivity index (χ0v) is 11.5. The summed E-state index contributed by atoms with van der Waals surface area (Å²) in [5, 5.41) is 9.06. The minimum atomic E-state index is -1.06. The van der Waals surface area contributed by atoms with Crippen LogP contribution in [0.1, 0.15) is 36.0 Å². The number of hydrogen-bond donors (Lipinski definition) is 2. The molecule has 1 aromatic heterocycles. The summed E-state index contributed by atoms with van der Waals surface area (Å²) in [6, 6.07) is 4.38. The minimum absolute atomic E-state index is 0.102. The Bertz CT molecular complexity index is 815. The average molecular weight is 288 g/mol. The van der Waals surface area contributed by atoms with Crippen LogP contribution in [-0.4, -0.2) is 20.6 Å². The highest BCUT2D eigenvalue weighted by Gasteiger charge is 2.20. The van der Waals surface area contributed by atoms with E-state index in [4.69, 9.17) is 5.11 Å². The van der Waals surface area contributed by atoms with Gasteiger partial charge >= 0.3 is 17.1 Å². The number of carboxylic acid groups (broad SMARTS) is 1. The van der Waals surface area contributed by atoms with Gasteiger partial charge in [0.25, 0.3) is 0 Å². The molecular weight excluding hydrogens is 272 g/mol. The monoisotopic (exact) mass is 288 g/mol. The second kappa shape index (κ2) is 5.20. The highest BCUT2D eigenvalue weighted by Crippen LogP contribution is 2.33. The number of carboxylic acids is 1. The van der Waals surface area contributed by atoms with Crippen LogP contribution < -0.4 is 11.1 Å². The molecule has 1 aromatic carbocycles. The number of rotatable bonds is 5. The van der Waals surface area contributed by atoms with E-state index in [-0.39, 0.29) is 5.56 Å². The zero-order valence-electron chi connectivity index (χ0n) is 11.5. The van der Waals surface area contributed by atoms with Gasteiger partial charge in [0.1, 0.15) is 0 Å². The Morgan fingerprint density at radius 3 is 2.76 bits per heavy atom. The molecule has 0 amide bonds. The summed E-state index contributed by atoms with van der Waals surface area (Å²) in [5.74, 6) is -0.302. The van der Waals surface area contributed by atoms with E-state index in [2.05, 4.69) is 4.98 Å². The minimum Gasteiger partial charge on any atom is -0.478 e. The van der Waals surface area contributed by atoms with E-state index in [0.717, 1.165) is 18.8 Å². The fraction of sp³-hybridized carbons (Fsp3) is 0.400. The molecule has 6 heteroatoms. The van der Waals surface area contributed by atoms with Crippen molar-refractivity contribution < 1.29 is 9.90 Å². The van der Waals surface area contributed by atoms with Crippen molar-refractivity contribution in [2.24, 2.45) is 5.92 Å². The number of aromatic amines is 1. The SMILES string of the molecule is O=C(O)c1ccc2[nH]c(=O)c(=O)n(CCCC3CC3)c2c1. The molecule has 0 aliphatic heterocycles. The van der Waals surface area contributed by atoms with Crippen molar-refractivity contribution in [3.8, 4) is 0 Å². The summed E-state index contributed by atoms with van der Waals surface area (Å²) in [4.78, 5) is 37.3. The number of fused-ring (bicyclic) bond motifs is 1. The van der Waals surface area contributed by atoms with Crippen molar-refractivity contribution in [1.82, 2.24) is 9.55 Å². The largest absolute Gasteiger partial charge is 0.478 e. The third-order valence-electron chi connectivity index (χ3n) is 3.91. The summed E-state index contributed by atoms with van der Waals surface area (Å²) >= 11 is 0. The van der Waals surface area contributed by atoms with E-state index < -0.39 is 17.1 Å². The van der Waals surface area contributed by atoms with Crippen LogP contribution in [0.5, 0.6) is 0 Å². The molecule has 21 heavy (non-hydrogen) atoms. The molecule has 6 nitrogen and oxygen atoms in total. The normalized spacial score (nSPS) is 14.5. The molecule has 110 valence electrons. The van der Waals surface area contributed by atoms with Crippen LogP contribution in [0.2, 0.25) is 0 Å². The number of aryl methyl sites for hydroxylation is 1. The van der Waals surface area contributed by atoms with Crippen LogP contribution in [0.25, 0.3) is 11.0 Å². The first-order valence-corrected chi connectivity index (χ1v) is 7.06. The van der Waals surface area contributed by atoms with Crippen LogP contribution >= 0.6 is 0 Å². The number of nitrogens with zero attached hydrogens (tertiary/aromatic N) is 1. The van der Waals surface area contributed by atoms with Crippen molar-refractivity contribution in [2.45, 2.75) is 32.2 Å². The van der Waals surface area contributed by atoms with Crippen LogP contribution in [0.15, 0.2) is 27.8 Å². The van der Waals surface area contributed by atoms with Gasteiger partial charge in [-0.05, 0) is 37.0 Å². The molecule has 1 aliphatic rings. The first kappa shape index (κ1) is 13.6. The maximum Gasteiger partial charge on any atom is 0.335 e. The maximum absolute atomic E-state index is 12.0. The summed E-state index contributed by atoms with van der Waals surface area (Å²) < 4.78 is 1.39. The number of aromatic carboxylic acids is 1. The van der Waals surface area contributed by atoms with Crippen LogP contribution in [-0.2, 0) is 6.54 Å².